The van der Waals surface area contributed by atoms with Gasteiger partial charge in [0, 0.05) is 13.0 Å². The van der Waals surface area contributed by atoms with E-state index in [4.69, 9.17) is 14.8 Å². The number of unbranched alkanes of at least 4 members (excludes halogenated alkanes) is 13. The average Bonchev–Trinajstić information content (AvgIpc) is 2.99. The molecule has 0 radical (unpaired) electrons. The largest absolute Gasteiger partial charge is 0.472 e. The maximum Gasteiger partial charge on any atom is 0.472 e. The molecule has 3 unspecified atom stereocenters. The minimum Gasteiger partial charge on any atom is -0.391 e. The molecule has 252 valence electrons. The zero-order chi connectivity index (χ0) is 31.9. The van der Waals surface area contributed by atoms with Gasteiger partial charge in [-0.15, -0.1) is 0 Å². The topological polar surface area (TPSA) is 131 Å². The van der Waals surface area contributed by atoms with E-state index in [0.29, 0.717) is 12.8 Å². The maximum atomic E-state index is 12.6. The molecule has 0 aliphatic carbocycles. The summed E-state index contributed by atoms with van der Waals surface area (Å²) in [4.78, 5) is 22.5. The van der Waals surface area contributed by atoms with Gasteiger partial charge in [0.15, 0.2) is 0 Å². The number of hydrogen-bond acceptors (Lipinski definition) is 6. The molecule has 0 spiro atoms. The van der Waals surface area contributed by atoms with Gasteiger partial charge in [-0.3, -0.25) is 13.8 Å². The quantitative estimate of drug-likeness (QED) is 0.0344. The van der Waals surface area contributed by atoms with Crippen LogP contribution in [-0.4, -0.2) is 47.8 Å². The van der Waals surface area contributed by atoms with E-state index in [1.54, 1.807) is 0 Å². The van der Waals surface area contributed by atoms with Crippen LogP contribution in [0.15, 0.2) is 36.5 Å². The maximum absolute atomic E-state index is 12.6. The molecule has 0 rings (SSSR count). The van der Waals surface area contributed by atoms with Crippen LogP contribution in [0.5, 0.6) is 0 Å². The van der Waals surface area contributed by atoms with E-state index in [-0.39, 0.29) is 25.7 Å². The molecule has 0 fully saturated rings. The molecule has 9 heteroatoms. The molecule has 1 amide bonds. The van der Waals surface area contributed by atoms with E-state index in [1.165, 1.54) is 51.4 Å². The first kappa shape index (κ1) is 41.7. The zero-order valence-corrected chi connectivity index (χ0v) is 28.3. The van der Waals surface area contributed by atoms with Crippen molar-refractivity contribution >= 4 is 13.7 Å². The first-order valence-corrected chi connectivity index (χ1v) is 18.6. The highest BCUT2D eigenvalue weighted by Gasteiger charge is 2.27. The molecule has 0 aromatic heterocycles. The number of amides is 1. The molecule has 5 N–H and O–H groups in total. The first-order chi connectivity index (χ1) is 20.9. The summed E-state index contributed by atoms with van der Waals surface area (Å²) in [6, 6.07) is -0.775. The van der Waals surface area contributed by atoms with Crippen molar-refractivity contribution in [2.24, 2.45) is 5.73 Å². The fourth-order valence-corrected chi connectivity index (χ4v) is 5.44. The molecule has 3 atom stereocenters. The standard InChI is InChI=1S/C34H65N2O6P/c1-3-5-7-9-11-12-13-14-15-16-17-18-19-20-22-24-26-28-34(38)36-32(31-42-43(39,40)41-30-29-35)33(37)27-25-23-21-10-8-6-4-2/h5,7,11-12,14-15,32-33,37H,3-4,6,8-10,13,16-31,35H2,1-2H3,(H,36,38)(H,39,40)/b7-5-,12-11-,15-14-. The lowest BCUT2D eigenvalue weighted by molar-refractivity contribution is -0.123. The van der Waals surface area contributed by atoms with Gasteiger partial charge >= 0.3 is 7.82 Å². The lowest BCUT2D eigenvalue weighted by Crippen LogP contribution is -2.46. The monoisotopic (exact) mass is 628 g/mol. The number of carbonyl (C=O) groups excluding carboxylic acids is 1. The second kappa shape index (κ2) is 30.7. The van der Waals surface area contributed by atoms with Crippen LogP contribution in [0, 0.1) is 0 Å². The first-order valence-electron chi connectivity index (χ1n) is 17.1. The Morgan fingerprint density at radius 1 is 0.791 bits per heavy atom. The van der Waals surface area contributed by atoms with Gasteiger partial charge in [-0.1, -0.05) is 127 Å². The third-order valence-corrected chi connectivity index (χ3v) is 8.24. The van der Waals surface area contributed by atoms with Gasteiger partial charge in [0.1, 0.15) is 0 Å². The molecule has 0 aromatic carbocycles. The molecule has 0 aromatic rings. The summed E-state index contributed by atoms with van der Waals surface area (Å²) in [6.07, 6.45) is 33.1. The number of nitrogens with two attached hydrogens (primary N) is 1. The fourth-order valence-electron chi connectivity index (χ4n) is 4.68. The number of carbonyl (C=O) groups is 1. The Morgan fingerprint density at radius 3 is 1.98 bits per heavy atom. The van der Waals surface area contributed by atoms with Crippen LogP contribution in [0.25, 0.3) is 0 Å². The van der Waals surface area contributed by atoms with E-state index in [9.17, 15) is 19.4 Å². The highest BCUT2D eigenvalue weighted by Crippen LogP contribution is 2.43. The van der Waals surface area contributed by atoms with Crippen molar-refractivity contribution in [3.8, 4) is 0 Å². The highest BCUT2D eigenvalue weighted by atomic mass is 31.2. The minimum atomic E-state index is -4.30. The second-order valence-electron chi connectivity index (χ2n) is 11.3. The predicted octanol–water partition coefficient (Wildman–Crippen LogP) is 8.43. The normalized spacial score (nSPS) is 15.0. The van der Waals surface area contributed by atoms with E-state index < -0.39 is 20.0 Å². The molecule has 0 heterocycles. The van der Waals surface area contributed by atoms with Crippen LogP contribution in [0.3, 0.4) is 0 Å². The Kier molecular flexibility index (Phi) is 29.8. The number of nitrogens with one attached hydrogen (secondary N) is 1. The summed E-state index contributed by atoms with van der Waals surface area (Å²) in [6.45, 7) is 4.01. The van der Waals surface area contributed by atoms with Crippen LogP contribution in [0.1, 0.15) is 142 Å². The summed E-state index contributed by atoms with van der Waals surface area (Å²) in [7, 11) is -4.30. The van der Waals surface area contributed by atoms with Gasteiger partial charge in [-0.2, -0.15) is 0 Å². The Bertz CT molecular complexity index is 774. The second-order valence-corrected chi connectivity index (χ2v) is 12.8. The van der Waals surface area contributed by atoms with Gasteiger partial charge in [0.05, 0.1) is 25.4 Å². The van der Waals surface area contributed by atoms with E-state index in [0.717, 1.165) is 64.2 Å². The van der Waals surface area contributed by atoms with Crippen molar-refractivity contribution < 1.29 is 28.4 Å². The summed E-state index contributed by atoms with van der Waals surface area (Å²) >= 11 is 0. The Balaban J connectivity index is 4.21. The van der Waals surface area contributed by atoms with Gasteiger partial charge in [0.2, 0.25) is 5.91 Å². The molecular formula is C34H65N2O6P. The SMILES string of the molecule is CC/C=C\C/C=C\C/C=C\CCCCCCCCCC(=O)NC(COP(=O)(O)OCCN)C(O)CCCCCCCCC. The van der Waals surface area contributed by atoms with E-state index in [1.807, 2.05) is 0 Å². The van der Waals surface area contributed by atoms with Gasteiger partial charge in [-0.25, -0.2) is 4.57 Å². The lowest BCUT2D eigenvalue weighted by Gasteiger charge is -2.25. The summed E-state index contributed by atoms with van der Waals surface area (Å²) < 4.78 is 21.9. The summed E-state index contributed by atoms with van der Waals surface area (Å²) in [5.41, 5.74) is 5.33. The lowest BCUT2D eigenvalue weighted by atomic mass is 10.0. The molecule has 0 saturated carbocycles. The van der Waals surface area contributed by atoms with E-state index >= 15 is 0 Å². The van der Waals surface area contributed by atoms with Gasteiger partial charge in [-0.05, 0) is 44.9 Å². The Hall–Kier alpha value is -1.28. The van der Waals surface area contributed by atoms with Crippen LogP contribution in [0.2, 0.25) is 0 Å². The number of rotatable bonds is 31. The third-order valence-electron chi connectivity index (χ3n) is 7.26. The highest BCUT2D eigenvalue weighted by molar-refractivity contribution is 7.47. The number of aliphatic hydroxyl groups excluding tert-OH is 1. The van der Waals surface area contributed by atoms with Crippen LogP contribution in [0.4, 0.5) is 0 Å². The van der Waals surface area contributed by atoms with Crippen molar-refractivity contribution in [1.82, 2.24) is 5.32 Å². The van der Waals surface area contributed by atoms with Crippen molar-refractivity contribution in [2.75, 3.05) is 19.8 Å². The Morgan fingerprint density at radius 2 is 1.35 bits per heavy atom. The predicted molar refractivity (Wildman–Crippen MR) is 180 cm³/mol. The van der Waals surface area contributed by atoms with Crippen LogP contribution in [-0.2, 0) is 18.4 Å². The number of phosphoric ester groups is 1. The fraction of sp³-hybridized carbons (Fsp3) is 0.794. The van der Waals surface area contributed by atoms with Crippen molar-refractivity contribution in [3.05, 3.63) is 36.5 Å². The van der Waals surface area contributed by atoms with Gasteiger partial charge < -0.3 is 21.1 Å². The number of phosphoric acid groups is 1. The molecule has 8 nitrogen and oxygen atoms in total. The molecule has 0 bridgehead atoms. The molecule has 0 aliphatic heterocycles. The average molecular weight is 629 g/mol. The van der Waals surface area contributed by atoms with Crippen LogP contribution >= 0.6 is 7.82 Å². The van der Waals surface area contributed by atoms with Gasteiger partial charge in [0.25, 0.3) is 0 Å². The molecule has 43 heavy (non-hydrogen) atoms. The zero-order valence-electron chi connectivity index (χ0n) is 27.4. The van der Waals surface area contributed by atoms with Crippen molar-refractivity contribution in [1.29, 1.82) is 0 Å². The van der Waals surface area contributed by atoms with Crippen molar-refractivity contribution in [3.63, 3.8) is 0 Å². The number of hydrogen-bond donors (Lipinski definition) is 4. The summed E-state index contributed by atoms with van der Waals surface area (Å²) in [5.74, 6) is -0.179. The number of allylic oxidation sites excluding steroid dienone is 6. The van der Waals surface area contributed by atoms with Crippen molar-refractivity contribution in [2.45, 2.75) is 154 Å². The number of aliphatic hydroxyl groups is 1. The molecular weight excluding hydrogens is 563 g/mol. The smallest absolute Gasteiger partial charge is 0.391 e. The molecule has 0 saturated heterocycles. The third kappa shape index (κ3) is 29.2. The summed E-state index contributed by atoms with van der Waals surface area (Å²) in [5, 5.41) is 13.6. The molecule has 0 aliphatic rings. The van der Waals surface area contributed by atoms with E-state index in [2.05, 4.69) is 55.6 Å². The van der Waals surface area contributed by atoms with Crippen LogP contribution < -0.4 is 11.1 Å². The Labute approximate surface area is 263 Å². The minimum absolute atomic E-state index is 0.0854.